The molecular weight excluding hydrogens is 604 g/mol. The van der Waals surface area contributed by atoms with Crippen molar-refractivity contribution in [1.29, 1.82) is 0 Å². The number of nitrogens with zero attached hydrogens (tertiary/aromatic N) is 3. The minimum absolute atomic E-state index is 0. The summed E-state index contributed by atoms with van der Waals surface area (Å²) in [4.78, 5) is 14.4. The molecule has 1 fully saturated rings. The van der Waals surface area contributed by atoms with Crippen LogP contribution in [-0.4, -0.2) is 48.1 Å². The van der Waals surface area contributed by atoms with Crippen LogP contribution in [-0.2, 0) is 16.2 Å². The zero-order valence-corrected chi connectivity index (χ0v) is 25.0. The molecule has 2 N–H and O–H groups in total. The first-order valence-electron chi connectivity index (χ1n) is 12.7. The van der Waals surface area contributed by atoms with Gasteiger partial charge in [-0.1, -0.05) is 34.8 Å². The predicted octanol–water partition coefficient (Wildman–Crippen LogP) is 6.32. The van der Waals surface area contributed by atoms with Gasteiger partial charge in [0.25, 0.3) is 0 Å². The van der Waals surface area contributed by atoms with E-state index in [9.17, 15) is 4.39 Å². The second-order valence-electron chi connectivity index (χ2n) is 8.95. The summed E-state index contributed by atoms with van der Waals surface area (Å²) in [6.45, 7) is 4.47. The van der Waals surface area contributed by atoms with Crippen molar-refractivity contribution in [2.75, 3.05) is 31.6 Å². The first kappa shape index (κ1) is 32.9. The molecule has 3 aromatic carbocycles. The minimum Gasteiger partial charge on any atom is -0.487 e. The summed E-state index contributed by atoms with van der Waals surface area (Å²) >= 11 is 6.49. The number of halogens is 4. The maximum atomic E-state index is 13.4. The average Bonchev–Trinajstić information content (AvgIpc) is 2.97. The highest BCUT2D eigenvalue weighted by Crippen LogP contribution is 2.31. The molecular formula is C30H29Cl3FN5O3. The molecule has 1 atom stereocenters. The third-order valence-electron chi connectivity index (χ3n) is 6.05. The van der Waals surface area contributed by atoms with E-state index >= 15 is 0 Å². The molecule has 4 aromatic rings. The van der Waals surface area contributed by atoms with Crippen molar-refractivity contribution < 1.29 is 18.7 Å². The number of rotatable bonds is 9. The summed E-state index contributed by atoms with van der Waals surface area (Å²) < 4.78 is 24.9. The molecule has 220 valence electrons. The van der Waals surface area contributed by atoms with Crippen LogP contribution in [0.5, 0.6) is 5.75 Å². The maximum absolute atomic E-state index is 13.4. The maximum Gasteiger partial charge on any atom is 0.159 e. The van der Waals surface area contributed by atoms with Crippen LogP contribution < -0.4 is 15.4 Å². The molecule has 0 bridgehead atoms. The van der Waals surface area contributed by atoms with Gasteiger partial charge in [0.05, 0.1) is 17.1 Å². The summed E-state index contributed by atoms with van der Waals surface area (Å²) in [6, 6.07) is 17.3. The molecule has 2 heterocycles. The SMILES string of the molecule is CC#CC(=NOCC1CNCCO1)c1ccc2ncnc(Nc3ccc(OCc4cccc(F)c4)c(Cl)c3)c2c1.Cl.Cl. The average molecular weight is 633 g/mol. The molecule has 0 aliphatic carbocycles. The van der Waals surface area contributed by atoms with E-state index in [0.29, 0.717) is 46.8 Å². The molecule has 8 nitrogen and oxygen atoms in total. The lowest BCUT2D eigenvalue weighted by atomic mass is 10.1. The number of nitrogens with one attached hydrogen (secondary N) is 2. The van der Waals surface area contributed by atoms with Gasteiger partial charge >= 0.3 is 0 Å². The van der Waals surface area contributed by atoms with Gasteiger partial charge in [-0.25, -0.2) is 14.4 Å². The summed E-state index contributed by atoms with van der Waals surface area (Å²) in [6.07, 6.45) is 1.43. The lowest BCUT2D eigenvalue weighted by Gasteiger charge is -2.22. The topological polar surface area (TPSA) is 89.9 Å². The lowest BCUT2D eigenvalue weighted by molar-refractivity contribution is -0.0300. The second-order valence-corrected chi connectivity index (χ2v) is 9.36. The van der Waals surface area contributed by atoms with Crippen LogP contribution in [0.25, 0.3) is 10.9 Å². The van der Waals surface area contributed by atoms with E-state index in [0.717, 1.165) is 29.6 Å². The first-order chi connectivity index (χ1) is 19.6. The van der Waals surface area contributed by atoms with Crippen LogP contribution in [0.4, 0.5) is 15.9 Å². The summed E-state index contributed by atoms with van der Waals surface area (Å²) in [7, 11) is 0. The number of hydrogen-bond donors (Lipinski definition) is 2. The van der Waals surface area contributed by atoms with Gasteiger partial charge in [0, 0.05) is 29.7 Å². The Labute approximate surface area is 260 Å². The van der Waals surface area contributed by atoms with Crippen molar-refractivity contribution in [1.82, 2.24) is 15.3 Å². The third kappa shape index (κ3) is 8.68. The van der Waals surface area contributed by atoms with E-state index in [4.69, 9.17) is 25.9 Å². The van der Waals surface area contributed by atoms with Gasteiger partial charge < -0.3 is 24.9 Å². The van der Waals surface area contributed by atoms with Gasteiger partial charge in [-0.2, -0.15) is 0 Å². The van der Waals surface area contributed by atoms with E-state index in [1.54, 1.807) is 31.2 Å². The molecule has 1 aliphatic rings. The Morgan fingerprint density at radius 1 is 1.17 bits per heavy atom. The minimum atomic E-state index is -0.314. The Morgan fingerprint density at radius 2 is 2.05 bits per heavy atom. The highest BCUT2D eigenvalue weighted by atomic mass is 35.5. The van der Waals surface area contributed by atoms with Crippen LogP contribution in [0.3, 0.4) is 0 Å². The van der Waals surface area contributed by atoms with Crippen molar-refractivity contribution in [3.05, 3.63) is 89.0 Å². The Kier molecular flexibility index (Phi) is 12.6. The summed E-state index contributed by atoms with van der Waals surface area (Å²) in [5.41, 5.74) is 3.42. The Bertz CT molecular complexity index is 1590. The van der Waals surface area contributed by atoms with Gasteiger partial charge in [-0.3, -0.25) is 0 Å². The van der Waals surface area contributed by atoms with E-state index in [1.165, 1.54) is 18.5 Å². The molecule has 1 aromatic heterocycles. The molecule has 1 saturated heterocycles. The van der Waals surface area contributed by atoms with Crippen molar-refractivity contribution in [3.8, 4) is 17.6 Å². The Hall–Kier alpha value is -3.65. The predicted molar refractivity (Wildman–Crippen MR) is 168 cm³/mol. The third-order valence-corrected chi connectivity index (χ3v) is 6.35. The Morgan fingerprint density at radius 3 is 2.81 bits per heavy atom. The summed E-state index contributed by atoms with van der Waals surface area (Å²) in [5.74, 6) is 6.67. The number of hydrogen-bond acceptors (Lipinski definition) is 8. The molecule has 0 radical (unpaired) electrons. The van der Waals surface area contributed by atoms with Crippen LogP contribution in [0, 0.1) is 17.7 Å². The normalized spacial score (nSPS) is 14.5. The summed E-state index contributed by atoms with van der Waals surface area (Å²) in [5, 5.41) is 12.0. The molecule has 0 amide bonds. The van der Waals surface area contributed by atoms with Crippen molar-refractivity contribution in [3.63, 3.8) is 0 Å². The quantitative estimate of drug-likeness (QED) is 0.127. The van der Waals surface area contributed by atoms with Crippen LogP contribution in [0.1, 0.15) is 18.1 Å². The number of benzene rings is 3. The smallest absolute Gasteiger partial charge is 0.159 e. The monoisotopic (exact) mass is 631 g/mol. The zero-order chi connectivity index (χ0) is 27.7. The second kappa shape index (κ2) is 16.1. The Balaban J connectivity index is 0.00000242. The van der Waals surface area contributed by atoms with Gasteiger partial charge in [-0.05, 0) is 66.9 Å². The molecule has 1 aliphatic heterocycles. The van der Waals surface area contributed by atoms with Crippen molar-refractivity contribution in [2.24, 2.45) is 5.16 Å². The van der Waals surface area contributed by atoms with E-state index in [2.05, 4.69) is 37.6 Å². The number of fused-ring (bicyclic) bond motifs is 1. The van der Waals surface area contributed by atoms with Gasteiger partial charge in [-0.15, -0.1) is 24.8 Å². The number of oxime groups is 1. The fourth-order valence-electron chi connectivity index (χ4n) is 4.10. The van der Waals surface area contributed by atoms with Crippen LogP contribution in [0.2, 0.25) is 5.02 Å². The fraction of sp³-hybridized carbons (Fsp3) is 0.233. The van der Waals surface area contributed by atoms with Crippen molar-refractivity contribution in [2.45, 2.75) is 19.6 Å². The first-order valence-corrected chi connectivity index (χ1v) is 13.1. The number of anilines is 2. The van der Waals surface area contributed by atoms with Gasteiger partial charge in [0.15, 0.2) is 5.71 Å². The lowest BCUT2D eigenvalue weighted by Crippen LogP contribution is -2.40. The highest BCUT2D eigenvalue weighted by Gasteiger charge is 2.15. The number of morpholine rings is 1. The largest absolute Gasteiger partial charge is 0.487 e. The molecule has 0 saturated carbocycles. The standard InChI is InChI=1S/C30H27ClFN5O3.2ClH/c1-2-4-27(37-40-18-24-16-33-11-12-38-24)21-7-9-28-25(14-21)30(35-19-34-28)36-23-8-10-29(26(31)15-23)39-17-20-5-3-6-22(32)13-20;;/h3,5-10,13-15,19,24,33H,11-12,16-18H2,1H3,(H,34,35,36);2*1H. The van der Waals surface area contributed by atoms with E-state index in [1.807, 2.05) is 24.3 Å². The van der Waals surface area contributed by atoms with Crippen LogP contribution >= 0.6 is 36.4 Å². The molecule has 5 rings (SSSR count). The molecule has 12 heteroatoms. The van der Waals surface area contributed by atoms with Gasteiger partial charge in [0.1, 0.15) is 43.0 Å². The van der Waals surface area contributed by atoms with E-state index in [-0.39, 0.29) is 43.3 Å². The zero-order valence-electron chi connectivity index (χ0n) is 22.6. The van der Waals surface area contributed by atoms with Crippen molar-refractivity contribution >= 4 is 64.5 Å². The van der Waals surface area contributed by atoms with E-state index < -0.39 is 0 Å². The number of ether oxygens (including phenoxy) is 2. The van der Waals surface area contributed by atoms with Crippen LogP contribution in [0.15, 0.2) is 72.1 Å². The highest BCUT2D eigenvalue weighted by molar-refractivity contribution is 6.32. The molecule has 42 heavy (non-hydrogen) atoms. The van der Waals surface area contributed by atoms with Gasteiger partial charge in [0.2, 0.25) is 0 Å². The molecule has 1 unspecified atom stereocenters. The number of aromatic nitrogens is 2. The fourth-order valence-corrected chi connectivity index (χ4v) is 4.34. The molecule has 0 spiro atoms.